The highest BCUT2D eigenvalue weighted by molar-refractivity contribution is 8.93. The third-order valence-corrected chi connectivity index (χ3v) is 4.96. The molecule has 1 aromatic carbocycles. The van der Waals surface area contributed by atoms with E-state index in [2.05, 4.69) is 15.6 Å². The summed E-state index contributed by atoms with van der Waals surface area (Å²) in [6.07, 6.45) is 3.60. The van der Waals surface area contributed by atoms with E-state index < -0.39 is 24.0 Å². The summed E-state index contributed by atoms with van der Waals surface area (Å²) < 4.78 is 5.28. The summed E-state index contributed by atoms with van der Waals surface area (Å²) in [5.74, 6) is -1.58. The number of guanidine groups is 1. The zero-order valence-corrected chi connectivity index (χ0v) is 20.6. The molecule has 7 N–H and O–H groups in total. The molecule has 1 aliphatic rings. The molecule has 1 heterocycles. The average molecular weight is 541 g/mol. The van der Waals surface area contributed by atoms with Gasteiger partial charge in [-0.25, -0.2) is 9.59 Å². The van der Waals surface area contributed by atoms with Gasteiger partial charge in [0.2, 0.25) is 5.91 Å². The molecule has 1 unspecified atom stereocenters. The predicted molar refractivity (Wildman–Crippen MR) is 134 cm³/mol. The molecule has 2 atom stereocenters. The summed E-state index contributed by atoms with van der Waals surface area (Å²) in [5, 5.41) is 14.6. The number of nitrogens with one attached hydrogen (secondary N) is 2. The Balaban J connectivity index is 0.00000578. The topological polar surface area (TPSA) is 172 Å². The van der Waals surface area contributed by atoms with E-state index >= 15 is 0 Å². The van der Waals surface area contributed by atoms with Gasteiger partial charge in [-0.15, -0.1) is 17.0 Å². The van der Waals surface area contributed by atoms with Crippen molar-refractivity contribution in [2.75, 3.05) is 32.8 Å². The van der Waals surface area contributed by atoms with Gasteiger partial charge >= 0.3 is 12.0 Å². The Labute approximate surface area is 209 Å². The number of carbonyl (C=O) groups excluding carboxylic acids is 2. The second-order valence-electron chi connectivity index (χ2n) is 7.55. The Morgan fingerprint density at radius 3 is 2.44 bits per heavy atom. The monoisotopic (exact) mass is 540 g/mol. The van der Waals surface area contributed by atoms with Crippen molar-refractivity contribution in [3.8, 4) is 0 Å². The molecule has 188 valence electrons. The number of carboxylic acids is 1. The van der Waals surface area contributed by atoms with Crippen LogP contribution in [0.4, 0.5) is 4.79 Å². The van der Waals surface area contributed by atoms with Crippen LogP contribution in [0.3, 0.4) is 0 Å². The van der Waals surface area contributed by atoms with Crippen LogP contribution in [0, 0.1) is 0 Å². The fourth-order valence-electron chi connectivity index (χ4n) is 3.28. The highest BCUT2D eigenvalue weighted by Gasteiger charge is 2.26. The lowest BCUT2D eigenvalue weighted by molar-refractivity contribution is -0.131. The fourth-order valence-corrected chi connectivity index (χ4v) is 3.28. The predicted octanol–water partition coefficient (Wildman–Crippen LogP) is 0.397. The Morgan fingerprint density at radius 1 is 1.15 bits per heavy atom. The Hall–Kier alpha value is -3.12. The van der Waals surface area contributed by atoms with Crippen molar-refractivity contribution >= 4 is 40.8 Å². The number of morpholine rings is 1. The number of carboxylic acid groups (broad SMARTS) is 1. The number of benzene rings is 1. The highest BCUT2D eigenvalue weighted by atomic mass is 79.9. The minimum Gasteiger partial charge on any atom is -0.478 e. The van der Waals surface area contributed by atoms with Gasteiger partial charge in [0.05, 0.1) is 13.2 Å². The minimum atomic E-state index is -1.13. The Kier molecular flexibility index (Phi) is 13.3. The number of halogens is 1. The number of hydrogen-bond donors (Lipinski definition) is 5. The van der Waals surface area contributed by atoms with Crippen LogP contribution in [0.1, 0.15) is 18.4 Å². The molecular formula is C22H33BrN6O5. The number of hydrogen-bond acceptors (Lipinski definition) is 5. The van der Waals surface area contributed by atoms with E-state index in [1.54, 1.807) is 4.90 Å². The SMILES string of the molecule is Br.NC(N)=NCCC[C@@H](/C=C/C(=O)O)NC(=O)C(Cc1ccccc1)NC(=O)N1CCOCC1. The summed E-state index contributed by atoms with van der Waals surface area (Å²) in [4.78, 5) is 42.4. The molecular weight excluding hydrogens is 508 g/mol. The van der Waals surface area contributed by atoms with Gasteiger partial charge in [-0.2, -0.15) is 0 Å². The largest absolute Gasteiger partial charge is 0.478 e. The van der Waals surface area contributed by atoms with E-state index in [9.17, 15) is 14.4 Å². The van der Waals surface area contributed by atoms with Crippen molar-refractivity contribution in [2.24, 2.45) is 16.5 Å². The van der Waals surface area contributed by atoms with Crippen LogP contribution in [0.25, 0.3) is 0 Å². The van der Waals surface area contributed by atoms with E-state index in [0.29, 0.717) is 45.7 Å². The molecule has 0 aromatic heterocycles. The lowest BCUT2D eigenvalue weighted by atomic mass is 10.0. The summed E-state index contributed by atoms with van der Waals surface area (Å²) in [6, 6.07) is 7.57. The van der Waals surface area contributed by atoms with E-state index in [-0.39, 0.29) is 35.4 Å². The molecule has 0 saturated carbocycles. The van der Waals surface area contributed by atoms with E-state index in [0.717, 1.165) is 11.6 Å². The Bertz CT molecular complexity index is 841. The zero-order chi connectivity index (χ0) is 24.1. The maximum atomic E-state index is 13.1. The molecule has 2 rings (SSSR count). The Morgan fingerprint density at radius 2 is 1.82 bits per heavy atom. The third kappa shape index (κ3) is 11.1. The third-order valence-electron chi connectivity index (χ3n) is 4.96. The number of aliphatic carboxylic acids is 1. The van der Waals surface area contributed by atoms with Crippen LogP contribution < -0.4 is 22.1 Å². The molecule has 1 aromatic rings. The first kappa shape index (κ1) is 28.9. The quantitative estimate of drug-likeness (QED) is 0.117. The maximum absolute atomic E-state index is 13.1. The van der Waals surface area contributed by atoms with Crippen LogP contribution >= 0.6 is 17.0 Å². The first-order valence-electron chi connectivity index (χ1n) is 10.8. The van der Waals surface area contributed by atoms with E-state index in [4.69, 9.17) is 21.3 Å². The number of nitrogens with two attached hydrogens (primary N) is 2. The maximum Gasteiger partial charge on any atom is 0.328 e. The first-order chi connectivity index (χ1) is 15.8. The lowest BCUT2D eigenvalue weighted by Crippen LogP contribution is -2.55. The van der Waals surface area contributed by atoms with Crippen molar-refractivity contribution in [1.29, 1.82) is 0 Å². The molecule has 1 saturated heterocycles. The van der Waals surface area contributed by atoms with Crippen LogP contribution in [0.2, 0.25) is 0 Å². The van der Waals surface area contributed by atoms with Crippen molar-refractivity contribution in [3.05, 3.63) is 48.0 Å². The number of urea groups is 1. The molecule has 3 amide bonds. The van der Waals surface area contributed by atoms with Crippen LogP contribution in [-0.2, 0) is 20.7 Å². The van der Waals surface area contributed by atoms with Gasteiger partial charge in [0.15, 0.2) is 5.96 Å². The zero-order valence-electron chi connectivity index (χ0n) is 18.9. The molecule has 0 radical (unpaired) electrons. The number of nitrogens with zero attached hydrogens (tertiary/aromatic N) is 2. The van der Waals surface area contributed by atoms with Gasteiger partial charge < -0.3 is 36.8 Å². The van der Waals surface area contributed by atoms with Crippen LogP contribution in [-0.4, -0.2) is 78.8 Å². The van der Waals surface area contributed by atoms with Gasteiger partial charge in [0, 0.05) is 38.2 Å². The van der Waals surface area contributed by atoms with Crippen LogP contribution in [0.5, 0.6) is 0 Å². The van der Waals surface area contributed by atoms with Crippen LogP contribution in [0.15, 0.2) is 47.5 Å². The smallest absolute Gasteiger partial charge is 0.328 e. The van der Waals surface area contributed by atoms with Crippen molar-refractivity contribution in [1.82, 2.24) is 15.5 Å². The molecule has 1 fully saturated rings. The standard InChI is InChI=1S/C22H32N6O5.BrH/c23-21(24)25-10-4-7-17(8-9-19(29)30)26-20(31)18(15-16-5-2-1-3-6-16)27-22(32)28-11-13-33-14-12-28;/h1-3,5-6,8-9,17-18H,4,7,10-15H2,(H,26,31)(H,27,32)(H,29,30)(H4,23,24,25);1H/b9-8+;/t17-,18?;/m0./s1. The molecule has 11 nitrogen and oxygen atoms in total. The number of ether oxygens (including phenoxy) is 1. The summed E-state index contributed by atoms with van der Waals surface area (Å²) in [7, 11) is 0. The molecule has 1 aliphatic heterocycles. The van der Waals surface area contributed by atoms with E-state index in [1.807, 2.05) is 30.3 Å². The average Bonchev–Trinajstić information content (AvgIpc) is 2.80. The fraction of sp³-hybridized carbons (Fsp3) is 0.455. The normalized spacial score (nSPS) is 15.0. The van der Waals surface area contributed by atoms with Gasteiger partial charge in [0.25, 0.3) is 0 Å². The second-order valence-corrected chi connectivity index (χ2v) is 7.55. The van der Waals surface area contributed by atoms with Gasteiger partial charge in [-0.1, -0.05) is 36.4 Å². The molecule has 0 bridgehead atoms. The summed E-state index contributed by atoms with van der Waals surface area (Å²) in [5.41, 5.74) is 11.5. The van der Waals surface area contributed by atoms with Crippen molar-refractivity contribution in [2.45, 2.75) is 31.3 Å². The molecule has 0 spiro atoms. The van der Waals surface area contributed by atoms with Crippen molar-refractivity contribution < 1.29 is 24.2 Å². The number of rotatable bonds is 11. The summed E-state index contributed by atoms with van der Waals surface area (Å²) in [6.45, 7) is 2.12. The van der Waals surface area contributed by atoms with Crippen molar-refractivity contribution in [3.63, 3.8) is 0 Å². The molecule has 12 heteroatoms. The number of carbonyl (C=O) groups is 3. The lowest BCUT2D eigenvalue weighted by Gasteiger charge is -2.29. The second kappa shape index (κ2) is 15.7. The van der Waals surface area contributed by atoms with E-state index in [1.165, 1.54) is 6.08 Å². The summed E-state index contributed by atoms with van der Waals surface area (Å²) >= 11 is 0. The number of aliphatic imine (C=N–C) groups is 1. The molecule has 0 aliphatic carbocycles. The highest BCUT2D eigenvalue weighted by Crippen LogP contribution is 2.07. The van der Waals surface area contributed by atoms with Gasteiger partial charge in [-0.3, -0.25) is 9.79 Å². The first-order valence-corrected chi connectivity index (χ1v) is 10.8. The number of amides is 3. The molecule has 34 heavy (non-hydrogen) atoms. The van der Waals surface area contributed by atoms with Gasteiger partial charge in [-0.05, 0) is 18.4 Å². The van der Waals surface area contributed by atoms with Gasteiger partial charge in [0.1, 0.15) is 6.04 Å². The minimum absolute atomic E-state index is 0.